The molecule has 0 aliphatic heterocycles. The maximum absolute atomic E-state index is 13.3. The third kappa shape index (κ3) is 3.87. The number of aromatic nitrogens is 2. The van der Waals surface area contributed by atoms with E-state index in [9.17, 15) is 9.18 Å². The molecule has 1 aromatic carbocycles. The van der Waals surface area contributed by atoms with E-state index in [1.165, 1.54) is 34.8 Å². The lowest BCUT2D eigenvalue weighted by atomic mass is 10.2. The molecule has 3 heterocycles. The van der Waals surface area contributed by atoms with E-state index >= 15 is 0 Å². The number of rotatable bonds is 5. The van der Waals surface area contributed by atoms with Gasteiger partial charge in [0.05, 0.1) is 22.7 Å². The number of benzene rings is 1. The Kier molecular flexibility index (Phi) is 4.87. The molecule has 3 aromatic heterocycles. The number of carbonyl (C=O) groups is 1. The first-order chi connectivity index (χ1) is 12.7. The highest BCUT2D eigenvalue weighted by atomic mass is 32.1. The molecular formula is C18H12FN3OS3. The molecule has 0 saturated carbocycles. The third-order valence-electron chi connectivity index (χ3n) is 3.49. The predicted octanol–water partition coefficient (Wildman–Crippen LogP) is 5.32. The molecule has 26 heavy (non-hydrogen) atoms. The van der Waals surface area contributed by atoms with Crippen LogP contribution in [0.25, 0.3) is 21.1 Å². The zero-order valence-corrected chi connectivity index (χ0v) is 15.8. The smallest absolute Gasteiger partial charge is 0.232 e. The molecule has 0 unspecified atom stereocenters. The van der Waals surface area contributed by atoms with Crippen LogP contribution in [0.15, 0.2) is 52.5 Å². The summed E-state index contributed by atoms with van der Waals surface area (Å²) in [6.45, 7) is 0. The van der Waals surface area contributed by atoms with Gasteiger partial charge < -0.3 is 5.32 Å². The van der Waals surface area contributed by atoms with Gasteiger partial charge in [-0.05, 0) is 23.6 Å². The molecular weight excluding hydrogens is 389 g/mol. The second-order valence-corrected chi connectivity index (χ2v) is 8.06. The van der Waals surface area contributed by atoms with Crippen molar-refractivity contribution >= 4 is 45.0 Å². The Morgan fingerprint density at radius 3 is 2.81 bits per heavy atom. The average molecular weight is 402 g/mol. The van der Waals surface area contributed by atoms with Crippen molar-refractivity contribution in [2.24, 2.45) is 0 Å². The first-order valence-corrected chi connectivity index (χ1v) is 10.3. The minimum atomic E-state index is -0.303. The largest absolute Gasteiger partial charge is 0.302 e. The van der Waals surface area contributed by atoms with E-state index < -0.39 is 0 Å². The Bertz CT molecular complexity index is 1040. The summed E-state index contributed by atoms with van der Waals surface area (Å²) in [4.78, 5) is 22.2. The van der Waals surface area contributed by atoms with Crippen molar-refractivity contribution in [2.75, 3.05) is 5.32 Å². The summed E-state index contributed by atoms with van der Waals surface area (Å²) in [5, 5.41) is 9.81. The van der Waals surface area contributed by atoms with Gasteiger partial charge in [-0.2, -0.15) is 0 Å². The second-order valence-electron chi connectivity index (χ2n) is 5.39. The molecule has 0 spiro atoms. The van der Waals surface area contributed by atoms with Crippen LogP contribution in [0.1, 0.15) is 5.69 Å². The number of anilines is 1. The van der Waals surface area contributed by atoms with Gasteiger partial charge in [0.1, 0.15) is 10.8 Å². The minimum Gasteiger partial charge on any atom is -0.302 e. The molecule has 0 atom stereocenters. The van der Waals surface area contributed by atoms with Crippen LogP contribution >= 0.6 is 34.0 Å². The number of thiazole rings is 2. The summed E-state index contributed by atoms with van der Waals surface area (Å²) in [5.74, 6) is -0.476. The second kappa shape index (κ2) is 7.45. The molecule has 0 fully saturated rings. The van der Waals surface area contributed by atoms with Gasteiger partial charge in [0.15, 0.2) is 5.13 Å². The normalized spacial score (nSPS) is 10.8. The maximum Gasteiger partial charge on any atom is 0.232 e. The number of halogens is 1. The van der Waals surface area contributed by atoms with Gasteiger partial charge in [-0.25, -0.2) is 14.4 Å². The number of hydrogen-bond acceptors (Lipinski definition) is 6. The van der Waals surface area contributed by atoms with Crippen LogP contribution in [-0.4, -0.2) is 15.9 Å². The maximum atomic E-state index is 13.3. The summed E-state index contributed by atoms with van der Waals surface area (Å²) in [6.07, 6.45) is 0.153. The fraction of sp³-hybridized carbons (Fsp3) is 0.0556. The van der Waals surface area contributed by atoms with Crippen LogP contribution in [0.3, 0.4) is 0 Å². The SMILES string of the molecule is O=C(Cc1csc(-c2cccc(F)c2)n1)Nc1nc(-c2cccs2)cs1. The minimum absolute atomic E-state index is 0.153. The van der Waals surface area contributed by atoms with E-state index in [1.807, 2.05) is 28.3 Å². The monoisotopic (exact) mass is 401 g/mol. The van der Waals surface area contributed by atoms with Crippen LogP contribution < -0.4 is 5.32 Å². The molecule has 4 nitrogen and oxygen atoms in total. The van der Waals surface area contributed by atoms with Crippen molar-refractivity contribution in [1.82, 2.24) is 9.97 Å². The lowest BCUT2D eigenvalue weighted by Crippen LogP contribution is -2.14. The summed E-state index contributed by atoms with van der Waals surface area (Å²) in [7, 11) is 0. The van der Waals surface area contributed by atoms with Crippen molar-refractivity contribution in [3.8, 4) is 21.1 Å². The molecule has 8 heteroatoms. The Labute approximate surface area is 161 Å². The molecule has 0 saturated heterocycles. The molecule has 4 aromatic rings. The van der Waals surface area contributed by atoms with E-state index in [4.69, 9.17) is 0 Å². The molecule has 4 rings (SSSR count). The molecule has 0 aliphatic carbocycles. The molecule has 1 amide bonds. The van der Waals surface area contributed by atoms with Gasteiger partial charge in [0, 0.05) is 16.3 Å². The number of carbonyl (C=O) groups excluding carboxylic acids is 1. The first-order valence-electron chi connectivity index (χ1n) is 7.67. The lowest BCUT2D eigenvalue weighted by molar-refractivity contribution is -0.115. The Morgan fingerprint density at radius 1 is 1.08 bits per heavy atom. The van der Waals surface area contributed by atoms with E-state index in [1.54, 1.807) is 23.5 Å². The Hall–Kier alpha value is -2.42. The van der Waals surface area contributed by atoms with E-state index in [2.05, 4.69) is 15.3 Å². The quantitative estimate of drug-likeness (QED) is 0.493. The summed E-state index contributed by atoms with van der Waals surface area (Å²) in [5.41, 5.74) is 2.23. The zero-order chi connectivity index (χ0) is 17.9. The summed E-state index contributed by atoms with van der Waals surface area (Å²) in [6, 6.07) is 10.2. The van der Waals surface area contributed by atoms with E-state index in [0.29, 0.717) is 21.4 Å². The average Bonchev–Trinajstić information content (AvgIpc) is 3.36. The number of amides is 1. The van der Waals surface area contributed by atoms with Crippen molar-refractivity contribution in [3.05, 3.63) is 64.0 Å². The number of nitrogens with one attached hydrogen (secondary N) is 1. The Morgan fingerprint density at radius 2 is 2.00 bits per heavy atom. The van der Waals surface area contributed by atoms with Gasteiger partial charge in [-0.15, -0.1) is 34.0 Å². The highest BCUT2D eigenvalue weighted by molar-refractivity contribution is 7.16. The van der Waals surface area contributed by atoms with Crippen LogP contribution in [0.4, 0.5) is 9.52 Å². The molecule has 0 aliphatic rings. The van der Waals surface area contributed by atoms with Crippen LogP contribution in [0, 0.1) is 5.82 Å². The van der Waals surface area contributed by atoms with E-state index in [-0.39, 0.29) is 18.1 Å². The van der Waals surface area contributed by atoms with Gasteiger partial charge in [-0.3, -0.25) is 4.79 Å². The fourth-order valence-electron chi connectivity index (χ4n) is 2.34. The zero-order valence-electron chi connectivity index (χ0n) is 13.3. The summed E-state index contributed by atoms with van der Waals surface area (Å²) >= 11 is 4.40. The molecule has 0 radical (unpaired) electrons. The fourth-order valence-corrected chi connectivity index (χ4v) is 4.64. The highest BCUT2D eigenvalue weighted by Crippen LogP contribution is 2.28. The first kappa shape index (κ1) is 17.0. The van der Waals surface area contributed by atoms with Crippen LogP contribution in [0.5, 0.6) is 0 Å². The van der Waals surface area contributed by atoms with Crippen molar-refractivity contribution in [2.45, 2.75) is 6.42 Å². The van der Waals surface area contributed by atoms with Crippen LogP contribution in [0.2, 0.25) is 0 Å². The number of nitrogens with zero attached hydrogens (tertiary/aromatic N) is 2. The van der Waals surface area contributed by atoms with Gasteiger partial charge in [0.2, 0.25) is 5.91 Å². The molecule has 0 bridgehead atoms. The molecule has 1 N–H and O–H groups in total. The Balaban J connectivity index is 1.41. The standard InChI is InChI=1S/C18H12FN3OS3/c19-12-4-1-3-11(7-12)17-20-13(9-25-17)8-16(23)22-18-21-14(10-26-18)15-5-2-6-24-15/h1-7,9-10H,8H2,(H,21,22,23). The van der Waals surface area contributed by atoms with Gasteiger partial charge in [-0.1, -0.05) is 18.2 Å². The highest BCUT2D eigenvalue weighted by Gasteiger charge is 2.12. The summed E-state index contributed by atoms with van der Waals surface area (Å²) < 4.78 is 13.3. The van der Waals surface area contributed by atoms with Gasteiger partial charge in [0.25, 0.3) is 0 Å². The third-order valence-corrected chi connectivity index (χ3v) is 6.08. The number of thiophene rings is 1. The van der Waals surface area contributed by atoms with Crippen molar-refractivity contribution in [3.63, 3.8) is 0 Å². The predicted molar refractivity (Wildman–Crippen MR) is 105 cm³/mol. The van der Waals surface area contributed by atoms with E-state index in [0.717, 1.165) is 10.6 Å². The van der Waals surface area contributed by atoms with Gasteiger partial charge >= 0.3 is 0 Å². The molecule has 130 valence electrons. The van der Waals surface area contributed by atoms with Crippen LogP contribution in [-0.2, 0) is 11.2 Å². The topological polar surface area (TPSA) is 54.9 Å². The lowest BCUT2D eigenvalue weighted by Gasteiger charge is -1.99. The van der Waals surface area contributed by atoms with Crippen molar-refractivity contribution in [1.29, 1.82) is 0 Å². The number of hydrogen-bond donors (Lipinski definition) is 1. The van der Waals surface area contributed by atoms with Crippen molar-refractivity contribution < 1.29 is 9.18 Å².